The molecule has 0 saturated heterocycles. The molecular formula is C31H33NO4. The molecule has 0 spiro atoms. The number of hydrogen-bond acceptors (Lipinski definition) is 5. The lowest BCUT2D eigenvalue weighted by Gasteiger charge is -2.30. The number of fused-ring (bicyclic) bond motifs is 1. The van der Waals surface area contributed by atoms with E-state index in [1.54, 1.807) is 0 Å². The standard InChI is InChI=1S/C31H33NO4/c1-7-34-30(33)29(36-31(4,5)6)25-19(3)17-23-18(2)9-8-10-21(23)27(25)22-11-12-24-26-20(14-16-35-24)13-15-32-28(22)26/h8-13,15,17,29H,7,14,16H2,1-6H3. The fourth-order valence-electron chi connectivity index (χ4n) is 5.25. The van der Waals surface area contributed by atoms with Gasteiger partial charge in [-0.2, -0.15) is 0 Å². The van der Waals surface area contributed by atoms with Crippen LogP contribution in [0.15, 0.2) is 48.7 Å². The predicted molar refractivity (Wildman–Crippen MR) is 144 cm³/mol. The zero-order valence-electron chi connectivity index (χ0n) is 21.9. The smallest absolute Gasteiger partial charge is 0.339 e. The second kappa shape index (κ2) is 9.21. The molecule has 36 heavy (non-hydrogen) atoms. The first-order chi connectivity index (χ1) is 17.2. The lowest BCUT2D eigenvalue weighted by Crippen LogP contribution is -2.29. The number of nitrogens with zero attached hydrogens (tertiary/aromatic N) is 1. The second-order valence-corrected chi connectivity index (χ2v) is 10.4. The molecule has 5 rings (SSSR count). The number of aryl methyl sites for hydroxylation is 2. The van der Waals surface area contributed by atoms with Crippen LogP contribution in [0, 0.1) is 13.8 Å². The van der Waals surface area contributed by atoms with Gasteiger partial charge in [0.25, 0.3) is 0 Å². The first-order valence-electron chi connectivity index (χ1n) is 12.6. The Labute approximate surface area is 212 Å². The molecule has 1 aliphatic heterocycles. The highest BCUT2D eigenvalue weighted by molar-refractivity contribution is 6.09. The highest BCUT2D eigenvalue weighted by Gasteiger charge is 2.33. The van der Waals surface area contributed by atoms with Crippen LogP contribution in [0.2, 0.25) is 0 Å². The Hall–Kier alpha value is -3.44. The Bertz CT molecular complexity index is 1470. The van der Waals surface area contributed by atoms with Crippen molar-refractivity contribution in [2.45, 2.75) is 59.7 Å². The van der Waals surface area contributed by atoms with Crippen LogP contribution in [0.1, 0.15) is 56.1 Å². The fourth-order valence-corrected chi connectivity index (χ4v) is 5.25. The lowest BCUT2D eigenvalue weighted by molar-refractivity contribution is -0.166. The lowest BCUT2D eigenvalue weighted by atomic mass is 9.84. The number of hydrogen-bond donors (Lipinski definition) is 0. The zero-order chi connectivity index (χ0) is 25.6. The SMILES string of the molecule is CCOC(=O)C(OC(C)(C)C)c1c(C)cc2c(C)cccc2c1-c1ccc2c3c(ccnc13)CCO2. The van der Waals surface area contributed by atoms with Crippen molar-refractivity contribution < 1.29 is 19.0 Å². The van der Waals surface area contributed by atoms with Crippen molar-refractivity contribution in [2.24, 2.45) is 0 Å². The second-order valence-electron chi connectivity index (χ2n) is 10.4. The maximum atomic E-state index is 13.4. The van der Waals surface area contributed by atoms with Gasteiger partial charge in [0.2, 0.25) is 0 Å². The van der Waals surface area contributed by atoms with Crippen LogP contribution in [0.5, 0.6) is 5.75 Å². The van der Waals surface area contributed by atoms with E-state index in [4.69, 9.17) is 19.2 Å². The molecule has 3 aromatic carbocycles. The summed E-state index contributed by atoms with van der Waals surface area (Å²) in [7, 11) is 0. The Kier molecular flexibility index (Phi) is 6.21. The van der Waals surface area contributed by atoms with Crippen molar-refractivity contribution >= 4 is 27.6 Å². The van der Waals surface area contributed by atoms with Crippen molar-refractivity contribution in [1.82, 2.24) is 4.98 Å². The minimum Gasteiger partial charge on any atom is -0.493 e. The molecule has 0 bridgehead atoms. The molecule has 1 unspecified atom stereocenters. The maximum Gasteiger partial charge on any atom is 0.339 e. The summed E-state index contributed by atoms with van der Waals surface area (Å²) in [5, 5.41) is 3.24. The number of pyridine rings is 1. The van der Waals surface area contributed by atoms with Gasteiger partial charge in [0.15, 0.2) is 6.10 Å². The molecule has 186 valence electrons. The molecule has 0 saturated carbocycles. The quantitative estimate of drug-likeness (QED) is 0.285. The summed E-state index contributed by atoms with van der Waals surface area (Å²) in [5.41, 5.74) is 6.43. The molecule has 0 N–H and O–H groups in total. The van der Waals surface area contributed by atoms with E-state index in [1.165, 1.54) is 11.1 Å². The minimum absolute atomic E-state index is 0.282. The van der Waals surface area contributed by atoms with Crippen LogP contribution >= 0.6 is 0 Å². The summed E-state index contributed by atoms with van der Waals surface area (Å²) in [5.74, 6) is 0.466. The van der Waals surface area contributed by atoms with Gasteiger partial charge in [-0.15, -0.1) is 0 Å². The number of carbonyl (C=O) groups excluding carboxylic acids is 1. The van der Waals surface area contributed by atoms with Crippen LogP contribution in [-0.2, 0) is 20.7 Å². The molecule has 0 amide bonds. The fraction of sp³-hybridized carbons (Fsp3) is 0.355. The summed E-state index contributed by atoms with van der Waals surface area (Å²) in [6.45, 7) is 12.8. The van der Waals surface area contributed by atoms with E-state index in [1.807, 2.05) is 46.9 Å². The number of benzene rings is 3. The topological polar surface area (TPSA) is 57.7 Å². The Morgan fingerprint density at radius 3 is 2.64 bits per heavy atom. The number of ether oxygens (including phenoxy) is 3. The van der Waals surface area contributed by atoms with Crippen LogP contribution < -0.4 is 4.74 Å². The van der Waals surface area contributed by atoms with Crippen molar-refractivity contribution in [2.75, 3.05) is 13.2 Å². The largest absolute Gasteiger partial charge is 0.493 e. The van der Waals surface area contributed by atoms with Gasteiger partial charge in [0.05, 0.1) is 24.3 Å². The molecule has 0 aliphatic carbocycles. The molecule has 0 fully saturated rings. The molecule has 5 nitrogen and oxygen atoms in total. The van der Waals surface area contributed by atoms with E-state index >= 15 is 0 Å². The molecule has 0 radical (unpaired) electrons. The van der Waals surface area contributed by atoms with E-state index in [2.05, 4.69) is 43.3 Å². The first kappa shape index (κ1) is 24.3. The van der Waals surface area contributed by atoms with Crippen LogP contribution in [-0.4, -0.2) is 29.8 Å². The maximum absolute atomic E-state index is 13.4. The summed E-state index contributed by atoms with van der Waals surface area (Å²) in [6, 6.07) is 14.6. The van der Waals surface area contributed by atoms with E-state index in [0.29, 0.717) is 6.61 Å². The van der Waals surface area contributed by atoms with Crippen LogP contribution in [0.4, 0.5) is 0 Å². The number of aromatic nitrogens is 1. The molecule has 1 atom stereocenters. The predicted octanol–water partition coefficient (Wildman–Crippen LogP) is 7.03. The minimum atomic E-state index is -0.882. The zero-order valence-corrected chi connectivity index (χ0v) is 21.9. The monoisotopic (exact) mass is 483 g/mol. The van der Waals surface area contributed by atoms with Crippen molar-refractivity contribution in [3.63, 3.8) is 0 Å². The highest BCUT2D eigenvalue weighted by atomic mass is 16.6. The normalized spacial score (nSPS) is 14.1. The van der Waals surface area contributed by atoms with Gasteiger partial charge in [-0.3, -0.25) is 4.98 Å². The van der Waals surface area contributed by atoms with Crippen molar-refractivity contribution in [1.29, 1.82) is 0 Å². The third-order valence-electron chi connectivity index (χ3n) is 6.72. The van der Waals surface area contributed by atoms with Gasteiger partial charge in [-0.25, -0.2) is 4.79 Å². The summed E-state index contributed by atoms with van der Waals surface area (Å²) in [6.07, 6.45) is 1.83. The van der Waals surface area contributed by atoms with E-state index in [0.717, 1.165) is 56.1 Å². The number of carbonyl (C=O) groups is 1. The van der Waals surface area contributed by atoms with E-state index in [9.17, 15) is 4.79 Å². The van der Waals surface area contributed by atoms with Gasteiger partial charge in [-0.1, -0.05) is 24.3 Å². The van der Waals surface area contributed by atoms with Gasteiger partial charge >= 0.3 is 5.97 Å². The Balaban J connectivity index is 1.91. The summed E-state index contributed by atoms with van der Waals surface area (Å²) >= 11 is 0. The van der Waals surface area contributed by atoms with Crippen LogP contribution in [0.25, 0.3) is 32.8 Å². The molecule has 5 heteroatoms. The molecular weight excluding hydrogens is 450 g/mol. The first-order valence-corrected chi connectivity index (χ1v) is 12.6. The van der Waals surface area contributed by atoms with Gasteiger partial charge < -0.3 is 14.2 Å². The Morgan fingerprint density at radius 2 is 1.89 bits per heavy atom. The number of esters is 1. The Morgan fingerprint density at radius 1 is 1.08 bits per heavy atom. The van der Waals surface area contributed by atoms with E-state index in [-0.39, 0.29) is 12.6 Å². The van der Waals surface area contributed by atoms with Gasteiger partial charge in [0.1, 0.15) is 5.75 Å². The molecule has 2 heterocycles. The summed E-state index contributed by atoms with van der Waals surface area (Å²) < 4.78 is 18.0. The average molecular weight is 484 g/mol. The molecule has 1 aliphatic rings. The van der Waals surface area contributed by atoms with E-state index < -0.39 is 11.7 Å². The van der Waals surface area contributed by atoms with Crippen molar-refractivity contribution in [3.8, 4) is 16.9 Å². The highest BCUT2D eigenvalue weighted by Crippen LogP contribution is 2.45. The summed E-state index contributed by atoms with van der Waals surface area (Å²) in [4.78, 5) is 18.2. The third-order valence-corrected chi connectivity index (χ3v) is 6.72. The number of rotatable bonds is 5. The van der Waals surface area contributed by atoms with Gasteiger partial charge in [0, 0.05) is 29.1 Å². The van der Waals surface area contributed by atoms with Crippen molar-refractivity contribution in [3.05, 3.63) is 70.9 Å². The van der Waals surface area contributed by atoms with Gasteiger partial charge in [-0.05, 0) is 92.8 Å². The molecule has 1 aromatic heterocycles. The van der Waals surface area contributed by atoms with Crippen LogP contribution in [0.3, 0.4) is 0 Å². The molecule has 4 aromatic rings. The third kappa shape index (κ3) is 4.22. The average Bonchev–Trinajstić information content (AvgIpc) is 2.83.